The lowest BCUT2D eigenvalue weighted by Crippen LogP contribution is -1.91. The summed E-state index contributed by atoms with van der Waals surface area (Å²) in [4.78, 5) is 1.01. The minimum atomic E-state index is 0.474. The first-order chi connectivity index (χ1) is 5.27. The molecule has 0 atom stereocenters. The van der Waals surface area contributed by atoms with Crippen LogP contribution in [-0.2, 0) is 0 Å². The van der Waals surface area contributed by atoms with E-state index in [4.69, 9.17) is 0 Å². The molecule has 0 saturated heterocycles. The molecule has 0 aliphatic heterocycles. The molecular formula is C6H8N4S. The fourth-order valence-corrected chi connectivity index (χ4v) is 1.64. The predicted molar refractivity (Wildman–Crippen MR) is 42.7 cm³/mol. The minimum Gasteiger partial charge on any atom is -0.141 e. The Morgan fingerprint density at radius 2 is 2.36 bits per heavy atom. The Labute approximate surface area is 67.8 Å². The fraction of sp³-hybridized carbons (Fsp3) is 0.500. The van der Waals surface area contributed by atoms with Crippen LogP contribution < -0.4 is 0 Å². The van der Waals surface area contributed by atoms with Crippen molar-refractivity contribution in [3.8, 4) is 0 Å². The number of rotatable bonds is 1. The third-order valence-corrected chi connectivity index (χ3v) is 2.64. The van der Waals surface area contributed by atoms with Crippen molar-refractivity contribution in [2.75, 3.05) is 0 Å². The number of aromatic nitrogens is 4. The fourth-order valence-electron chi connectivity index (χ4n) is 0.811. The molecule has 58 valence electrons. The van der Waals surface area contributed by atoms with E-state index >= 15 is 0 Å². The molecule has 0 amide bonds. The molecule has 2 aromatic heterocycles. The highest BCUT2D eigenvalue weighted by molar-refractivity contribution is 7.17. The van der Waals surface area contributed by atoms with Crippen molar-refractivity contribution in [3.05, 3.63) is 11.2 Å². The van der Waals surface area contributed by atoms with E-state index in [0.717, 1.165) is 9.84 Å². The van der Waals surface area contributed by atoms with Crippen molar-refractivity contribution >= 4 is 16.2 Å². The Morgan fingerprint density at radius 1 is 1.55 bits per heavy atom. The molecule has 2 rings (SSSR count). The average Bonchev–Trinajstić information content (AvgIpc) is 2.40. The molecule has 0 bridgehead atoms. The Kier molecular flexibility index (Phi) is 1.38. The van der Waals surface area contributed by atoms with Crippen molar-refractivity contribution in [1.82, 2.24) is 20.0 Å². The second-order valence-electron chi connectivity index (χ2n) is 2.66. The van der Waals surface area contributed by atoms with Gasteiger partial charge in [-0.1, -0.05) is 25.2 Å². The third-order valence-electron chi connectivity index (χ3n) is 1.40. The lowest BCUT2D eigenvalue weighted by molar-refractivity contribution is 0.713. The maximum atomic E-state index is 4.23. The molecule has 0 aliphatic carbocycles. The van der Waals surface area contributed by atoms with Crippen molar-refractivity contribution in [2.24, 2.45) is 0 Å². The molecule has 0 aliphatic rings. The zero-order valence-electron chi connectivity index (χ0n) is 6.35. The van der Waals surface area contributed by atoms with E-state index < -0.39 is 0 Å². The highest BCUT2D eigenvalue weighted by Crippen LogP contribution is 2.20. The summed E-state index contributed by atoms with van der Waals surface area (Å²) in [7, 11) is 0. The van der Waals surface area contributed by atoms with E-state index in [-0.39, 0.29) is 0 Å². The van der Waals surface area contributed by atoms with Crippen LogP contribution in [0.1, 0.15) is 24.8 Å². The van der Waals surface area contributed by atoms with Crippen molar-refractivity contribution < 1.29 is 0 Å². The van der Waals surface area contributed by atoms with Gasteiger partial charge in [-0.05, 0) is 5.21 Å². The number of hydrogen-bond acceptors (Lipinski definition) is 4. The first-order valence-corrected chi connectivity index (χ1v) is 4.26. The highest BCUT2D eigenvalue weighted by atomic mass is 32.1. The molecule has 0 N–H and O–H groups in total. The van der Waals surface area contributed by atoms with Gasteiger partial charge in [-0.15, -0.1) is 14.8 Å². The molecule has 2 heterocycles. The van der Waals surface area contributed by atoms with Crippen LogP contribution >= 0.6 is 11.3 Å². The Bertz CT molecular complexity index is 333. The molecular weight excluding hydrogens is 160 g/mol. The first kappa shape index (κ1) is 6.72. The Morgan fingerprint density at radius 3 is 3.00 bits per heavy atom. The van der Waals surface area contributed by atoms with Gasteiger partial charge in [0.1, 0.15) is 5.01 Å². The zero-order chi connectivity index (χ0) is 7.84. The number of fused-ring (bicyclic) bond motifs is 1. The molecule has 0 fully saturated rings. The second kappa shape index (κ2) is 2.27. The van der Waals surface area contributed by atoms with E-state index in [1.165, 1.54) is 0 Å². The average molecular weight is 168 g/mol. The van der Waals surface area contributed by atoms with Gasteiger partial charge >= 0.3 is 0 Å². The van der Waals surface area contributed by atoms with Crippen LogP contribution in [0.4, 0.5) is 0 Å². The molecule has 0 unspecified atom stereocenters. The molecule has 0 saturated carbocycles. The van der Waals surface area contributed by atoms with Crippen LogP contribution in [0.15, 0.2) is 6.20 Å². The van der Waals surface area contributed by atoms with Gasteiger partial charge in [-0.2, -0.15) is 0 Å². The maximum absolute atomic E-state index is 4.23. The molecule has 11 heavy (non-hydrogen) atoms. The van der Waals surface area contributed by atoms with Gasteiger partial charge in [-0.3, -0.25) is 0 Å². The van der Waals surface area contributed by atoms with Gasteiger partial charge in [0.25, 0.3) is 0 Å². The molecule has 2 aromatic rings. The van der Waals surface area contributed by atoms with Crippen LogP contribution in [0.3, 0.4) is 0 Å². The van der Waals surface area contributed by atoms with Gasteiger partial charge in [0, 0.05) is 5.92 Å². The van der Waals surface area contributed by atoms with Gasteiger partial charge < -0.3 is 0 Å². The van der Waals surface area contributed by atoms with Crippen LogP contribution in [0.5, 0.6) is 0 Å². The van der Waals surface area contributed by atoms with E-state index in [0.29, 0.717) is 5.92 Å². The molecule has 0 spiro atoms. The topological polar surface area (TPSA) is 43.1 Å². The van der Waals surface area contributed by atoms with E-state index in [1.54, 1.807) is 22.2 Å². The largest absolute Gasteiger partial charge is 0.162 e. The highest BCUT2D eigenvalue weighted by Gasteiger charge is 2.07. The lowest BCUT2D eigenvalue weighted by atomic mass is 10.2. The van der Waals surface area contributed by atoms with Crippen molar-refractivity contribution in [3.63, 3.8) is 0 Å². The second-order valence-corrected chi connectivity index (χ2v) is 3.70. The Balaban J connectivity index is 2.58. The third kappa shape index (κ3) is 1.01. The van der Waals surface area contributed by atoms with E-state index in [2.05, 4.69) is 29.3 Å². The van der Waals surface area contributed by atoms with E-state index in [1.807, 2.05) is 0 Å². The molecule has 0 radical (unpaired) electrons. The molecule has 4 nitrogen and oxygen atoms in total. The zero-order valence-corrected chi connectivity index (χ0v) is 7.17. The van der Waals surface area contributed by atoms with Gasteiger partial charge in [0.15, 0.2) is 4.83 Å². The van der Waals surface area contributed by atoms with Crippen molar-refractivity contribution in [1.29, 1.82) is 0 Å². The smallest absolute Gasteiger partial charge is 0.141 e. The van der Waals surface area contributed by atoms with Crippen LogP contribution in [0, 0.1) is 0 Å². The molecule has 0 aromatic carbocycles. The lowest BCUT2D eigenvalue weighted by Gasteiger charge is -1.93. The van der Waals surface area contributed by atoms with Gasteiger partial charge in [0.05, 0.1) is 6.20 Å². The predicted octanol–water partition coefficient (Wildman–Crippen LogP) is 1.31. The summed E-state index contributed by atoms with van der Waals surface area (Å²) in [5.41, 5.74) is 0. The SMILES string of the molecule is CC(C)c1nn2nncc2s1. The maximum Gasteiger partial charge on any atom is 0.162 e. The normalized spacial score (nSPS) is 11.5. The summed E-state index contributed by atoms with van der Waals surface area (Å²) in [6, 6.07) is 0. The number of nitrogens with zero attached hydrogens (tertiary/aromatic N) is 4. The first-order valence-electron chi connectivity index (χ1n) is 3.45. The summed E-state index contributed by atoms with van der Waals surface area (Å²) >= 11 is 1.64. The van der Waals surface area contributed by atoms with Gasteiger partial charge in [0.2, 0.25) is 0 Å². The monoisotopic (exact) mass is 168 g/mol. The van der Waals surface area contributed by atoms with Crippen LogP contribution in [-0.4, -0.2) is 20.0 Å². The summed E-state index contributed by atoms with van der Waals surface area (Å²) in [6.07, 6.45) is 1.73. The summed E-state index contributed by atoms with van der Waals surface area (Å²) in [5.74, 6) is 0.474. The van der Waals surface area contributed by atoms with E-state index in [9.17, 15) is 0 Å². The summed E-state index contributed by atoms with van der Waals surface area (Å²) in [6.45, 7) is 4.23. The quantitative estimate of drug-likeness (QED) is 0.644. The van der Waals surface area contributed by atoms with Crippen LogP contribution in [0.25, 0.3) is 4.83 Å². The van der Waals surface area contributed by atoms with Crippen molar-refractivity contribution in [2.45, 2.75) is 19.8 Å². The summed E-state index contributed by atoms with van der Waals surface area (Å²) < 4.78 is 1.57. The summed E-state index contributed by atoms with van der Waals surface area (Å²) in [5, 5.41) is 12.9. The Hall–Kier alpha value is -0.970. The minimum absolute atomic E-state index is 0.474. The number of hydrogen-bond donors (Lipinski definition) is 0. The standard InChI is InChI=1S/C6H8N4S/c1-4(2)6-8-10-5(11-6)3-7-9-10/h3-4H,1-2H3. The molecule has 5 heteroatoms. The van der Waals surface area contributed by atoms with Gasteiger partial charge in [-0.25, -0.2) is 0 Å². The van der Waals surface area contributed by atoms with Crippen LogP contribution in [0.2, 0.25) is 0 Å².